The second-order valence-corrected chi connectivity index (χ2v) is 7.14. The molecule has 1 amide bonds. The number of halogens is 2. The minimum atomic E-state index is -0.763. The van der Waals surface area contributed by atoms with Crippen molar-refractivity contribution in [2.45, 2.75) is 6.54 Å². The van der Waals surface area contributed by atoms with Crippen LogP contribution in [0.15, 0.2) is 48.7 Å². The molecule has 0 unspecified atom stereocenters. The van der Waals surface area contributed by atoms with Gasteiger partial charge < -0.3 is 15.0 Å². The summed E-state index contributed by atoms with van der Waals surface area (Å²) in [6.07, 6.45) is 1.52. The number of ether oxygens (including phenoxy) is 1. The molecule has 0 saturated carbocycles. The van der Waals surface area contributed by atoms with Crippen molar-refractivity contribution in [1.29, 1.82) is 0 Å². The van der Waals surface area contributed by atoms with E-state index in [4.69, 9.17) is 4.74 Å². The Morgan fingerprint density at radius 1 is 1.13 bits per heavy atom. The van der Waals surface area contributed by atoms with Gasteiger partial charge in [-0.2, -0.15) is 5.10 Å². The fraction of sp³-hybridized carbons (Fsp3) is 0.273. The van der Waals surface area contributed by atoms with Crippen LogP contribution in [0.4, 0.5) is 14.5 Å². The van der Waals surface area contributed by atoms with Gasteiger partial charge in [0.25, 0.3) is 5.91 Å². The number of morpholine rings is 1. The van der Waals surface area contributed by atoms with Crippen molar-refractivity contribution in [3.63, 3.8) is 0 Å². The van der Waals surface area contributed by atoms with Crippen molar-refractivity contribution in [2.24, 2.45) is 7.05 Å². The average molecular weight is 412 g/mol. The highest BCUT2D eigenvalue weighted by Gasteiger charge is 2.20. The predicted molar refractivity (Wildman–Crippen MR) is 109 cm³/mol. The van der Waals surface area contributed by atoms with Gasteiger partial charge in [-0.25, -0.2) is 8.78 Å². The van der Waals surface area contributed by atoms with E-state index >= 15 is 0 Å². The molecule has 4 rings (SSSR count). The molecule has 6 nitrogen and oxygen atoms in total. The number of amides is 1. The van der Waals surface area contributed by atoms with Gasteiger partial charge >= 0.3 is 0 Å². The average Bonchev–Trinajstić information content (AvgIpc) is 3.14. The standard InChI is InChI=1S/C22H22F2N4O2/c1-27-14-19(21(26-27)18-7-4-16(23)12-20(18)24)22(29)25-13-15-2-5-17(6-3-15)28-8-10-30-11-9-28/h2-7,12,14H,8-11,13H2,1H3,(H,25,29). The Kier molecular flexibility index (Phi) is 5.76. The van der Waals surface area contributed by atoms with Crippen LogP contribution >= 0.6 is 0 Å². The lowest BCUT2D eigenvalue weighted by Gasteiger charge is -2.28. The van der Waals surface area contributed by atoms with E-state index in [-0.39, 0.29) is 22.7 Å². The summed E-state index contributed by atoms with van der Waals surface area (Å²) in [6.45, 7) is 3.49. The first-order valence-corrected chi connectivity index (χ1v) is 9.70. The Morgan fingerprint density at radius 2 is 1.87 bits per heavy atom. The second kappa shape index (κ2) is 8.62. The quantitative estimate of drug-likeness (QED) is 0.700. The molecule has 1 aliphatic rings. The Hall–Kier alpha value is -3.26. The first-order chi connectivity index (χ1) is 14.5. The van der Waals surface area contributed by atoms with E-state index in [1.165, 1.54) is 16.9 Å². The zero-order valence-corrected chi connectivity index (χ0v) is 16.6. The number of aryl methyl sites for hydroxylation is 1. The first kappa shape index (κ1) is 20.0. The fourth-order valence-electron chi connectivity index (χ4n) is 3.46. The largest absolute Gasteiger partial charge is 0.378 e. The summed E-state index contributed by atoms with van der Waals surface area (Å²) in [4.78, 5) is 15.0. The lowest BCUT2D eigenvalue weighted by Crippen LogP contribution is -2.36. The predicted octanol–water partition coefficient (Wildman–Crippen LogP) is 3.13. The molecule has 2 heterocycles. The fourth-order valence-corrected chi connectivity index (χ4v) is 3.46. The number of rotatable bonds is 5. The number of carbonyl (C=O) groups is 1. The Morgan fingerprint density at radius 3 is 2.57 bits per heavy atom. The number of nitrogens with zero attached hydrogens (tertiary/aromatic N) is 3. The zero-order chi connectivity index (χ0) is 21.1. The summed E-state index contributed by atoms with van der Waals surface area (Å²) in [7, 11) is 1.64. The van der Waals surface area contributed by atoms with E-state index in [0.717, 1.165) is 49.7 Å². The lowest BCUT2D eigenvalue weighted by molar-refractivity contribution is 0.0951. The Labute approximate surface area is 173 Å². The molecule has 0 radical (unpaired) electrons. The van der Waals surface area contributed by atoms with Gasteiger partial charge in [-0.05, 0) is 29.8 Å². The molecule has 1 fully saturated rings. The van der Waals surface area contributed by atoms with Crippen LogP contribution in [-0.2, 0) is 18.3 Å². The molecule has 8 heteroatoms. The summed E-state index contributed by atoms with van der Waals surface area (Å²) in [5, 5.41) is 7.03. The maximum Gasteiger partial charge on any atom is 0.255 e. The minimum absolute atomic E-state index is 0.0806. The van der Waals surface area contributed by atoms with Crippen LogP contribution in [0.1, 0.15) is 15.9 Å². The zero-order valence-electron chi connectivity index (χ0n) is 16.6. The molecular formula is C22H22F2N4O2. The highest BCUT2D eigenvalue weighted by atomic mass is 19.1. The van der Waals surface area contributed by atoms with Crippen molar-refractivity contribution in [1.82, 2.24) is 15.1 Å². The summed E-state index contributed by atoms with van der Waals surface area (Å²) in [5.74, 6) is -1.82. The molecule has 1 N–H and O–H groups in total. The number of hydrogen-bond donors (Lipinski definition) is 1. The molecule has 0 atom stereocenters. The molecule has 30 heavy (non-hydrogen) atoms. The van der Waals surface area contributed by atoms with E-state index in [0.29, 0.717) is 6.54 Å². The molecule has 0 bridgehead atoms. The maximum absolute atomic E-state index is 14.2. The van der Waals surface area contributed by atoms with E-state index < -0.39 is 11.6 Å². The molecule has 0 spiro atoms. The van der Waals surface area contributed by atoms with Crippen molar-refractivity contribution < 1.29 is 18.3 Å². The molecule has 1 aromatic heterocycles. The van der Waals surface area contributed by atoms with Crippen LogP contribution in [-0.4, -0.2) is 42.0 Å². The van der Waals surface area contributed by atoms with E-state index in [1.807, 2.05) is 24.3 Å². The van der Waals surface area contributed by atoms with Crippen LogP contribution < -0.4 is 10.2 Å². The second-order valence-electron chi connectivity index (χ2n) is 7.14. The third-order valence-corrected chi connectivity index (χ3v) is 5.03. The number of anilines is 1. The monoisotopic (exact) mass is 412 g/mol. The summed E-state index contributed by atoms with van der Waals surface area (Å²) >= 11 is 0. The third-order valence-electron chi connectivity index (χ3n) is 5.03. The van der Waals surface area contributed by atoms with E-state index in [2.05, 4.69) is 15.3 Å². The van der Waals surface area contributed by atoms with Crippen molar-refractivity contribution in [3.05, 3.63) is 71.4 Å². The normalized spacial score (nSPS) is 14.0. The number of benzene rings is 2. The first-order valence-electron chi connectivity index (χ1n) is 9.70. The van der Waals surface area contributed by atoms with Crippen LogP contribution in [0.5, 0.6) is 0 Å². The van der Waals surface area contributed by atoms with Crippen molar-refractivity contribution >= 4 is 11.6 Å². The molecule has 1 saturated heterocycles. The molecule has 1 aliphatic heterocycles. The van der Waals surface area contributed by atoms with Crippen LogP contribution in [0, 0.1) is 11.6 Å². The lowest BCUT2D eigenvalue weighted by atomic mass is 10.1. The number of aromatic nitrogens is 2. The van der Waals surface area contributed by atoms with Crippen LogP contribution in [0.25, 0.3) is 11.3 Å². The number of carbonyl (C=O) groups excluding carboxylic acids is 1. The number of hydrogen-bond acceptors (Lipinski definition) is 4. The smallest absolute Gasteiger partial charge is 0.255 e. The molecule has 156 valence electrons. The highest BCUT2D eigenvalue weighted by molar-refractivity contribution is 5.99. The van der Waals surface area contributed by atoms with Crippen LogP contribution in [0.3, 0.4) is 0 Å². The van der Waals surface area contributed by atoms with Gasteiger partial charge in [-0.15, -0.1) is 0 Å². The van der Waals surface area contributed by atoms with Gasteiger partial charge in [-0.3, -0.25) is 9.48 Å². The van der Waals surface area contributed by atoms with Crippen molar-refractivity contribution in [3.8, 4) is 11.3 Å². The third kappa shape index (κ3) is 4.33. The van der Waals surface area contributed by atoms with Gasteiger partial charge in [0.15, 0.2) is 0 Å². The van der Waals surface area contributed by atoms with Gasteiger partial charge in [0, 0.05) is 50.2 Å². The summed E-state index contributed by atoms with van der Waals surface area (Å²) < 4.78 is 34.2. The maximum atomic E-state index is 14.2. The van der Waals surface area contributed by atoms with Gasteiger partial charge in [0.1, 0.15) is 17.3 Å². The van der Waals surface area contributed by atoms with Crippen LogP contribution in [0.2, 0.25) is 0 Å². The Bertz CT molecular complexity index is 1040. The topological polar surface area (TPSA) is 59.4 Å². The van der Waals surface area contributed by atoms with Gasteiger partial charge in [-0.1, -0.05) is 12.1 Å². The Balaban J connectivity index is 1.46. The number of nitrogens with one attached hydrogen (secondary N) is 1. The van der Waals surface area contributed by atoms with E-state index in [1.54, 1.807) is 7.05 Å². The summed E-state index contributed by atoms with van der Waals surface area (Å²) in [5.41, 5.74) is 2.55. The molecular weight excluding hydrogens is 390 g/mol. The molecule has 0 aliphatic carbocycles. The SMILES string of the molecule is Cn1cc(C(=O)NCc2ccc(N3CCOCC3)cc2)c(-c2ccc(F)cc2F)n1. The van der Waals surface area contributed by atoms with E-state index in [9.17, 15) is 13.6 Å². The van der Waals surface area contributed by atoms with Crippen molar-refractivity contribution in [2.75, 3.05) is 31.2 Å². The molecule has 2 aromatic carbocycles. The molecule has 3 aromatic rings. The van der Waals surface area contributed by atoms with Gasteiger partial charge in [0.2, 0.25) is 0 Å². The van der Waals surface area contributed by atoms with Gasteiger partial charge in [0.05, 0.1) is 18.8 Å². The minimum Gasteiger partial charge on any atom is -0.378 e. The summed E-state index contributed by atoms with van der Waals surface area (Å²) in [6, 6.07) is 11.2. The highest BCUT2D eigenvalue weighted by Crippen LogP contribution is 2.25.